The van der Waals surface area contributed by atoms with Crippen LogP contribution in [0.1, 0.15) is 13.2 Å². The minimum absolute atomic E-state index is 0.542. The normalized spacial score (nSPS) is 32.0. The zero-order chi connectivity index (χ0) is 16.6. The third-order valence-corrected chi connectivity index (χ3v) is 3.57. The molecule has 9 nitrogen and oxygen atoms in total. The third-order valence-electron chi connectivity index (χ3n) is 3.57. The molecule has 2 rings (SSSR count). The molecule has 1 aliphatic heterocycles. The molecule has 1 aliphatic rings. The molecule has 1 aromatic rings. The number of aromatic amines is 1. The Morgan fingerprint density at radius 2 is 2.05 bits per heavy atom. The molecule has 1 fully saturated rings. The molecule has 0 spiro atoms. The van der Waals surface area contributed by atoms with Gasteiger partial charge in [0.25, 0.3) is 5.56 Å². The number of aromatic nitrogens is 2. The average molecular weight is 318 g/mol. The Labute approximate surface area is 122 Å². The molecule has 22 heavy (non-hydrogen) atoms. The lowest BCUT2D eigenvalue weighted by Crippen LogP contribution is -2.57. The second kappa shape index (κ2) is 6.08. The van der Waals surface area contributed by atoms with Crippen molar-refractivity contribution in [2.24, 2.45) is 5.92 Å². The number of carbonyl (C=O) groups excluding carboxylic acids is 1. The van der Waals surface area contributed by atoms with Crippen molar-refractivity contribution in [3.05, 3.63) is 32.9 Å². The lowest BCUT2D eigenvalue weighted by Gasteiger charge is -2.41. The van der Waals surface area contributed by atoms with Gasteiger partial charge in [-0.25, -0.2) is 4.79 Å². The van der Waals surface area contributed by atoms with Gasteiger partial charge in [-0.05, 0) is 6.92 Å². The average Bonchev–Trinajstić information content (AvgIpc) is 2.45. The number of carbonyl (C=O) groups is 1. The smallest absolute Gasteiger partial charge is 0.330 e. The Balaban J connectivity index is 2.54. The zero-order valence-electron chi connectivity index (χ0n) is 11.5. The van der Waals surface area contributed by atoms with E-state index in [0.29, 0.717) is 10.8 Å². The van der Waals surface area contributed by atoms with Gasteiger partial charge in [-0.15, -0.1) is 0 Å². The van der Waals surface area contributed by atoms with Gasteiger partial charge in [0.2, 0.25) is 5.82 Å². The largest absolute Gasteiger partial charge is 0.394 e. The summed E-state index contributed by atoms with van der Waals surface area (Å²) in [5.74, 6) is -3.28. The predicted octanol–water partition coefficient (Wildman–Crippen LogP) is -2.51. The van der Waals surface area contributed by atoms with Gasteiger partial charge in [-0.2, -0.15) is 4.39 Å². The maximum Gasteiger partial charge on any atom is 0.330 e. The monoisotopic (exact) mass is 318 g/mol. The molecule has 0 saturated carbocycles. The maximum absolute atomic E-state index is 13.4. The van der Waals surface area contributed by atoms with Gasteiger partial charge in [-0.1, -0.05) is 0 Å². The van der Waals surface area contributed by atoms with Crippen LogP contribution in [-0.4, -0.2) is 55.6 Å². The number of hydrogen-bond donors (Lipinski definition) is 4. The van der Waals surface area contributed by atoms with Crippen molar-refractivity contribution < 1.29 is 29.2 Å². The first kappa shape index (κ1) is 16.5. The highest BCUT2D eigenvalue weighted by molar-refractivity contribution is 5.79. The molecule has 4 N–H and O–H groups in total. The van der Waals surface area contributed by atoms with Gasteiger partial charge >= 0.3 is 5.69 Å². The summed E-state index contributed by atoms with van der Waals surface area (Å²) >= 11 is 0. The van der Waals surface area contributed by atoms with Crippen molar-refractivity contribution in [3.63, 3.8) is 0 Å². The second-order valence-corrected chi connectivity index (χ2v) is 5.01. The van der Waals surface area contributed by atoms with Crippen LogP contribution in [0.4, 0.5) is 4.39 Å². The van der Waals surface area contributed by atoms with Crippen molar-refractivity contribution in [3.8, 4) is 0 Å². The number of hydrogen-bond acceptors (Lipinski definition) is 7. The molecule has 0 amide bonds. The first-order valence-corrected chi connectivity index (χ1v) is 6.41. The Bertz CT molecular complexity index is 685. The van der Waals surface area contributed by atoms with Crippen molar-refractivity contribution in [1.29, 1.82) is 0 Å². The van der Waals surface area contributed by atoms with Crippen LogP contribution in [0, 0.1) is 11.7 Å². The number of aliphatic hydroxyl groups is 3. The van der Waals surface area contributed by atoms with E-state index in [-0.39, 0.29) is 0 Å². The van der Waals surface area contributed by atoms with Crippen molar-refractivity contribution in [2.45, 2.75) is 31.5 Å². The Morgan fingerprint density at radius 3 is 2.59 bits per heavy atom. The predicted molar refractivity (Wildman–Crippen MR) is 68.5 cm³/mol. The van der Waals surface area contributed by atoms with Gasteiger partial charge in [-0.3, -0.25) is 19.1 Å². The number of nitrogens with zero attached hydrogens (tertiary/aromatic N) is 1. The summed E-state index contributed by atoms with van der Waals surface area (Å²) < 4.78 is 19.2. The SMILES string of the molecule is CC(=O)[C@H]1[C@@H](O)[C@@H](O)[C@@H](CO)O[C@H]1n1cc(F)c(=O)[nH]c1=O. The van der Waals surface area contributed by atoms with E-state index >= 15 is 0 Å². The van der Waals surface area contributed by atoms with E-state index in [9.17, 15) is 29.0 Å². The fourth-order valence-corrected chi connectivity index (χ4v) is 2.43. The molecule has 0 radical (unpaired) electrons. The molecule has 0 aliphatic carbocycles. The number of ketones is 1. The fourth-order valence-electron chi connectivity index (χ4n) is 2.43. The van der Waals surface area contributed by atoms with Crippen LogP contribution in [0.3, 0.4) is 0 Å². The first-order chi connectivity index (χ1) is 10.3. The minimum atomic E-state index is -1.63. The molecule has 0 aromatic carbocycles. The summed E-state index contributed by atoms with van der Waals surface area (Å²) in [4.78, 5) is 36.2. The summed E-state index contributed by atoms with van der Waals surface area (Å²) in [7, 11) is 0. The Morgan fingerprint density at radius 1 is 1.41 bits per heavy atom. The van der Waals surface area contributed by atoms with Gasteiger partial charge < -0.3 is 20.1 Å². The van der Waals surface area contributed by atoms with Gasteiger partial charge in [0, 0.05) is 0 Å². The van der Waals surface area contributed by atoms with E-state index in [2.05, 4.69) is 0 Å². The summed E-state index contributed by atoms with van der Waals surface area (Å²) in [6, 6.07) is 0. The van der Waals surface area contributed by atoms with Crippen molar-refractivity contribution >= 4 is 5.78 Å². The van der Waals surface area contributed by atoms with E-state index in [1.54, 1.807) is 4.98 Å². The number of nitrogens with one attached hydrogen (secondary N) is 1. The van der Waals surface area contributed by atoms with Crippen LogP contribution in [0.2, 0.25) is 0 Å². The molecule has 2 heterocycles. The highest BCUT2D eigenvalue weighted by atomic mass is 19.1. The Hall–Kier alpha value is -1.88. The number of halogens is 1. The number of ether oxygens (including phenoxy) is 1. The highest BCUT2D eigenvalue weighted by Crippen LogP contribution is 2.33. The van der Waals surface area contributed by atoms with E-state index in [4.69, 9.17) is 9.84 Å². The van der Waals surface area contributed by atoms with Crippen LogP contribution in [0.15, 0.2) is 15.8 Å². The summed E-state index contributed by atoms with van der Waals surface area (Å²) in [6.07, 6.45) is -5.40. The van der Waals surface area contributed by atoms with Crippen LogP contribution in [0.25, 0.3) is 0 Å². The highest BCUT2D eigenvalue weighted by Gasteiger charge is 2.47. The summed E-state index contributed by atoms with van der Waals surface area (Å²) in [5.41, 5.74) is -2.29. The molecular formula is C12H15FN2O7. The first-order valence-electron chi connectivity index (χ1n) is 6.41. The van der Waals surface area contributed by atoms with E-state index in [1.165, 1.54) is 0 Å². The van der Waals surface area contributed by atoms with E-state index in [1.807, 2.05) is 0 Å². The fraction of sp³-hybridized carbons (Fsp3) is 0.583. The standard InChI is InChI=1S/C12H15FN2O7/c1-4(17)7-9(19)8(18)6(3-16)22-11(7)15-2-5(13)10(20)14-12(15)21/h2,6-9,11,16,18-19H,3H2,1H3,(H,14,20,21)/t6-,7+,8+,9-,11-/m1/s1. The third kappa shape index (κ3) is 2.73. The van der Waals surface area contributed by atoms with Crippen molar-refractivity contribution in [2.75, 3.05) is 6.61 Å². The molecule has 0 bridgehead atoms. The maximum atomic E-state index is 13.4. The van der Waals surface area contributed by atoms with Gasteiger partial charge in [0.15, 0.2) is 6.23 Å². The number of H-pyrrole nitrogens is 1. The molecule has 1 saturated heterocycles. The molecule has 1 aromatic heterocycles. The van der Waals surface area contributed by atoms with E-state index < -0.39 is 59.9 Å². The Kier molecular flexibility index (Phi) is 4.56. The van der Waals surface area contributed by atoms with Crippen LogP contribution < -0.4 is 11.2 Å². The topological polar surface area (TPSA) is 142 Å². The lowest BCUT2D eigenvalue weighted by molar-refractivity contribution is -0.229. The molecular weight excluding hydrogens is 303 g/mol. The molecule has 0 unspecified atom stereocenters. The van der Waals surface area contributed by atoms with Crippen LogP contribution in [0.5, 0.6) is 0 Å². The zero-order valence-corrected chi connectivity index (χ0v) is 11.5. The van der Waals surface area contributed by atoms with E-state index in [0.717, 1.165) is 6.92 Å². The van der Waals surface area contributed by atoms with Gasteiger partial charge in [0.05, 0.1) is 24.8 Å². The number of aliphatic hydroxyl groups excluding tert-OH is 3. The molecule has 122 valence electrons. The van der Waals surface area contributed by atoms with Crippen LogP contribution >= 0.6 is 0 Å². The molecule has 10 heteroatoms. The number of Topliss-reactive ketones (excluding diaryl/α,β-unsaturated/α-hetero) is 1. The van der Waals surface area contributed by atoms with Gasteiger partial charge in [0.1, 0.15) is 18.0 Å². The molecule has 5 atom stereocenters. The quantitative estimate of drug-likeness (QED) is 0.482. The number of rotatable bonds is 3. The van der Waals surface area contributed by atoms with Crippen LogP contribution in [-0.2, 0) is 9.53 Å². The second-order valence-electron chi connectivity index (χ2n) is 5.01. The summed E-state index contributed by atoms with van der Waals surface area (Å²) in [6.45, 7) is 0.406. The summed E-state index contributed by atoms with van der Waals surface area (Å²) in [5, 5.41) is 28.9. The van der Waals surface area contributed by atoms with Crippen molar-refractivity contribution in [1.82, 2.24) is 9.55 Å². The lowest BCUT2D eigenvalue weighted by atomic mass is 9.87. The minimum Gasteiger partial charge on any atom is -0.394 e.